The van der Waals surface area contributed by atoms with E-state index in [0.717, 1.165) is 114 Å². The highest BCUT2D eigenvalue weighted by molar-refractivity contribution is 7.47. The van der Waals surface area contributed by atoms with Gasteiger partial charge in [0.15, 0.2) is 12.2 Å². The summed E-state index contributed by atoms with van der Waals surface area (Å²) in [7, 11) is -9.91. The van der Waals surface area contributed by atoms with E-state index in [-0.39, 0.29) is 25.7 Å². The molecule has 0 bridgehead atoms. The topological polar surface area (TPSA) is 237 Å². The molecule has 0 aromatic rings. The highest BCUT2D eigenvalue weighted by Crippen LogP contribution is 2.45. The number of unbranched alkanes of at least 4 members (excludes halogenated alkanes) is 36. The molecule has 558 valence electrons. The van der Waals surface area contributed by atoms with Gasteiger partial charge in [0.2, 0.25) is 0 Å². The second-order valence-corrected chi connectivity index (χ2v) is 31.4. The van der Waals surface area contributed by atoms with Crippen LogP contribution in [0.4, 0.5) is 0 Å². The van der Waals surface area contributed by atoms with Crippen molar-refractivity contribution < 1.29 is 80.2 Å². The Morgan fingerprint density at radius 2 is 0.511 bits per heavy atom. The normalized spacial score (nSPS) is 14.7. The molecule has 0 spiro atoms. The smallest absolute Gasteiger partial charge is 0.462 e. The number of hydrogen-bond acceptors (Lipinski definition) is 15. The molecule has 7 atom stereocenters. The van der Waals surface area contributed by atoms with E-state index in [2.05, 4.69) is 55.4 Å². The summed E-state index contributed by atoms with van der Waals surface area (Å²) in [4.78, 5) is 72.7. The van der Waals surface area contributed by atoms with Gasteiger partial charge in [0.25, 0.3) is 0 Å². The lowest BCUT2D eigenvalue weighted by atomic mass is 9.99. The molecule has 0 saturated carbocycles. The molecule has 0 rings (SSSR count). The van der Waals surface area contributed by atoms with Gasteiger partial charge >= 0.3 is 39.5 Å². The standard InChI is InChI=1S/C75H146O17P2/c1-9-67(7)53-45-37-28-23-25-30-39-47-55-72(77)85-61-70(91-74(79)57-49-41-31-22-20-18-16-14-12-11-13-15-17-19-21-27-35-43-51-65(3)4)63-89-93(81,82)87-59-69(76)60-88-94(83,84)90-64-71(62-86-73(78)56-48-40-34-33-36-44-52-66(5)6)92-75(80)58-50-42-32-26-24-29-38-46-54-68(8)10-2/h65-71,76H,9-64H2,1-8H3,(H,81,82)(H,83,84)/t67?,68?,69-,70-,71-/m1/s1. The minimum atomic E-state index is -4.96. The van der Waals surface area contributed by atoms with Gasteiger partial charge in [-0.1, -0.05) is 325 Å². The van der Waals surface area contributed by atoms with E-state index in [9.17, 15) is 43.2 Å². The Hall–Kier alpha value is -1.94. The van der Waals surface area contributed by atoms with Crippen LogP contribution in [-0.4, -0.2) is 96.7 Å². The molecule has 94 heavy (non-hydrogen) atoms. The van der Waals surface area contributed by atoms with E-state index in [0.29, 0.717) is 31.6 Å². The number of ether oxygens (including phenoxy) is 4. The molecular weight excluding hydrogens is 1230 g/mol. The fourth-order valence-corrected chi connectivity index (χ4v) is 12.9. The summed E-state index contributed by atoms with van der Waals surface area (Å²) in [5.41, 5.74) is 0. The molecule has 4 unspecified atom stereocenters. The van der Waals surface area contributed by atoms with Crippen molar-refractivity contribution in [2.24, 2.45) is 23.7 Å². The monoisotopic (exact) mass is 1380 g/mol. The van der Waals surface area contributed by atoms with Crippen molar-refractivity contribution in [1.29, 1.82) is 0 Å². The van der Waals surface area contributed by atoms with Gasteiger partial charge in [0.05, 0.1) is 26.4 Å². The summed E-state index contributed by atoms with van der Waals surface area (Å²) < 4.78 is 68.4. The Morgan fingerprint density at radius 1 is 0.298 bits per heavy atom. The van der Waals surface area contributed by atoms with Gasteiger partial charge in [-0.25, -0.2) is 9.13 Å². The van der Waals surface area contributed by atoms with Crippen molar-refractivity contribution in [3.05, 3.63) is 0 Å². The first-order chi connectivity index (χ1) is 45.2. The molecule has 3 N–H and O–H groups in total. The SMILES string of the molecule is CCC(C)CCCCCCCCCCC(=O)OC[C@H](COP(=O)(O)OC[C@@H](O)COP(=O)(O)OC[C@@H](COC(=O)CCCCCCCCC(C)C)OC(=O)CCCCCCCCCCC(C)CC)OC(=O)CCCCCCCCCCCCCCCCCCCCC(C)C. The Morgan fingerprint density at radius 3 is 0.755 bits per heavy atom. The summed E-state index contributed by atoms with van der Waals surface area (Å²) in [6.45, 7) is 14.1. The van der Waals surface area contributed by atoms with Crippen molar-refractivity contribution in [1.82, 2.24) is 0 Å². The third-order valence-electron chi connectivity index (χ3n) is 18.0. The van der Waals surface area contributed by atoms with Crippen LogP contribution in [0.1, 0.15) is 376 Å². The maximum atomic E-state index is 13.1. The van der Waals surface area contributed by atoms with Crippen LogP contribution in [-0.2, 0) is 65.4 Å². The molecule has 0 aliphatic heterocycles. The first-order valence-electron chi connectivity index (χ1n) is 38.8. The largest absolute Gasteiger partial charge is 0.472 e. The third kappa shape index (κ3) is 66.0. The van der Waals surface area contributed by atoms with E-state index in [1.807, 2.05) is 0 Å². The highest BCUT2D eigenvalue weighted by atomic mass is 31.2. The fourth-order valence-electron chi connectivity index (χ4n) is 11.3. The first-order valence-corrected chi connectivity index (χ1v) is 41.8. The average molecular weight is 1380 g/mol. The molecular formula is C75H146O17P2. The number of hydrogen-bond donors (Lipinski definition) is 3. The van der Waals surface area contributed by atoms with Crippen LogP contribution in [0.5, 0.6) is 0 Å². The maximum Gasteiger partial charge on any atom is 0.472 e. The van der Waals surface area contributed by atoms with Gasteiger partial charge in [-0.15, -0.1) is 0 Å². The lowest BCUT2D eigenvalue weighted by molar-refractivity contribution is -0.161. The lowest BCUT2D eigenvalue weighted by Gasteiger charge is -2.21. The zero-order valence-corrected chi connectivity index (χ0v) is 63.4. The zero-order chi connectivity index (χ0) is 69.6. The van der Waals surface area contributed by atoms with E-state index >= 15 is 0 Å². The molecule has 0 aromatic heterocycles. The maximum absolute atomic E-state index is 13.1. The van der Waals surface area contributed by atoms with E-state index in [4.69, 9.17) is 37.0 Å². The molecule has 0 amide bonds. The van der Waals surface area contributed by atoms with Gasteiger partial charge in [0.1, 0.15) is 19.3 Å². The van der Waals surface area contributed by atoms with E-state index in [1.54, 1.807) is 0 Å². The van der Waals surface area contributed by atoms with Crippen molar-refractivity contribution in [3.63, 3.8) is 0 Å². The van der Waals surface area contributed by atoms with Crippen LogP contribution in [0.25, 0.3) is 0 Å². The number of carbonyl (C=O) groups is 4. The quantitative estimate of drug-likeness (QED) is 0.0222. The molecule has 0 radical (unpaired) electrons. The van der Waals surface area contributed by atoms with Crippen molar-refractivity contribution in [2.45, 2.75) is 395 Å². The molecule has 0 aliphatic rings. The molecule has 0 saturated heterocycles. The summed E-state index contributed by atoms with van der Waals surface area (Å²) in [6, 6.07) is 0. The van der Waals surface area contributed by atoms with Crippen molar-refractivity contribution >= 4 is 39.5 Å². The number of esters is 4. The Bertz CT molecular complexity index is 1850. The minimum absolute atomic E-state index is 0.104. The van der Waals surface area contributed by atoms with Crippen LogP contribution in [0.2, 0.25) is 0 Å². The van der Waals surface area contributed by atoms with Gasteiger partial charge in [-0.05, 0) is 49.4 Å². The predicted octanol–water partition coefficient (Wildman–Crippen LogP) is 21.7. The fraction of sp³-hybridized carbons (Fsp3) is 0.947. The number of aliphatic hydroxyl groups excluding tert-OH is 1. The van der Waals surface area contributed by atoms with Gasteiger partial charge in [-0.2, -0.15) is 0 Å². The zero-order valence-electron chi connectivity index (χ0n) is 61.6. The van der Waals surface area contributed by atoms with Gasteiger partial charge in [0, 0.05) is 25.7 Å². The number of phosphoric ester groups is 2. The van der Waals surface area contributed by atoms with E-state index in [1.165, 1.54) is 173 Å². The predicted molar refractivity (Wildman–Crippen MR) is 381 cm³/mol. The first kappa shape index (κ1) is 92.1. The highest BCUT2D eigenvalue weighted by Gasteiger charge is 2.30. The summed E-state index contributed by atoms with van der Waals surface area (Å²) >= 11 is 0. The summed E-state index contributed by atoms with van der Waals surface area (Å²) in [6.07, 6.45) is 48.8. The molecule has 0 fully saturated rings. The third-order valence-corrected chi connectivity index (χ3v) is 19.9. The van der Waals surface area contributed by atoms with Crippen LogP contribution in [0.3, 0.4) is 0 Å². The number of carbonyl (C=O) groups excluding carboxylic acids is 4. The second kappa shape index (κ2) is 64.4. The van der Waals surface area contributed by atoms with Crippen LogP contribution in [0.15, 0.2) is 0 Å². The lowest BCUT2D eigenvalue weighted by Crippen LogP contribution is -2.30. The average Bonchev–Trinajstić information content (AvgIpc) is 2.33. The summed E-state index contributed by atoms with van der Waals surface area (Å²) in [5.74, 6) is 0.920. The Labute approximate surface area is 575 Å². The van der Waals surface area contributed by atoms with Crippen LogP contribution in [0, 0.1) is 23.7 Å². The Kier molecular flexibility index (Phi) is 63.1. The van der Waals surface area contributed by atoms with Crippen LogP contribution < -0.4 is 0 Å². The molecule has 19 heteroatoms. The van der Waals surface area contributed by atoms with Gasteiger partial charge < -0.3 is 33.8 Å². The number of phosphoric acid groups is 2. The molecule has 0 heterocycles. The summed E-state index contributed by atoms with van der Waals surface area (Å²) in [5, 5.41) is 10.6. The number of rotatable bonds is 72. The second-order valence-electron chi connectivity index (χ2n) is 28.5. The molecule has 0 aliphatic carbocycles. The van der Waals surface area contributed by atoms with Crippen molar-refractivity contribution in [2.75, 3.05) is 39.6 Å². The van der Waals surface area contributed by atoms with E-state index < -0.39 is 97.5 Å². The Balaban J connectivity index is 5.20. The van der Waals surface area contributed by atoms with Crippen molar-refractivity contribution in [3.8, 4) is 0 Å². The molecule has 0 aromatic carbocycles. The van der Waals surface area contributed by atoms with Gasteiger partial charge in [-0.3, -0.25) is 37.3 Å². The number of aliphatic hydroxyl groups is 1. The minimum Gasteiger partial charge on any atom is -0.462 e. The molecule has 17 nitrogen and oxygen atoms in total. The van der Waals surface area contributed by atoms with Crippen LogP contribution >= 0.6 is 15.6 Å².